The molecule has 4 aliphatic heterocycles. The number of β-lactam (4-membered cyclic amide) rings is 2. The zero-order chi connectivity index (χ0) is 29.3. The summed E-state index contributed by atoms with van der Waals surface area (Å²) in [5, 5.41) is 11.4. The third-order valence-corrected chi connectivity index (χ3v) is 11.9. The number of alkyl halides is 1. The molecule has 16 heteroatoms. The number of fused-ring (bicyclic) bond motifs is 2. The largest absolute Gasteiger partial charge is 0.508 e. The van der Waals surface area contributed by atoms with Crippen molar-refractivity contribution in [1.82, 2.24) is 15.1 Å². The van der Waals surface area contributed by atoms with Crippen molar-refractivity contribution in [3.8, 4) is 5.75 Å². The Morgan fingerprint density at radius 3 is 2.00 bits per heavy atom. The number of rotatable bonds is 7. The highest BCUT2D eigenvalue weighted by atomic mass is 79.9. The van der Waals surface area contributed by atoms with E-state index in [1.54, 1.807) is 13.8 Å². The topological polar surface area (TPSA) is 169 Å². The maximum atomic E-state index is 13.1. The number of halogens is 2. The molecule has 4 heterocycles. The number of ether oxygens (including phenoxy) is 2. The molecule has 4 fully saturated rings. The number of carbonyl (C=O) groups is 5. The molecule has 4 saturated heterocycles. The Morgan fingerprint density at radius 1 is 0.976 bits per heavy atom. The zero-order valence-electron chi connectivity index (χ0n) is 22.4. The van der Waals surface area contributed by atoms with Gasteiger partial charge in [0, 0.05) is 9.49 Å². The van der Waals surface area contributed by atoms with Crippen LogP contribution in [-0.4, -0.2) is 94.6 Å². The fraction of sp³-hybridized carbons (Fsp3) is 0.560. The molecule has 7 atom stereocenters. The van der Waals surface area contributed by atoms with E-state index < -0.39 is 69.6 Å². The van der Waals surface area contributed by atoms with Gasteiger partial charge < -0.3 is 35.4 Å². The van der Waals surface area contributed by atoms with Crippen molar-refractivity contribution in [3.05, 3.63) is 29.8 Å². The quantitative estimate of drug-likeness (QED) is 0.163. The molecule has 12 nitrogen and oxygen atoms in total. The van der Waals surface area contributed by atoms with E-state index in [-0.39, 0.29) is 34.3 Å². The van der Waals surface area contributed by atoms with E-state index in [1.165, 1.54) is 57.6 Å². The molecule has 3 amide bonds. The van der Waals surface area contributed by atoms with Crippen LogP contribution in [0, 0.1) is 0 Å². The van der Waals surface area contributed by atoms with Crippen LogP contribution in [0.25, 0.3) is 0 Å². The van der Waals surface area contributed by atoms with E-state index in [0.29, 0.717) is 5.56 Å². The molecule has 5 rings (SSSR count). The number of nitrogens with zero attached hydrogens (tertiary/aromatic N) is 2. The molecule has 1 aromatic rings. The number of nitrogens with one attached hydrogen (secondary N) is 1. The normalized spacial score (nSPS) is 31.1. The van der Waals surface area contributed by atoms with Crippen molar-refractivity contribution in [2.75, 3.05) is 6.79 Å². The van der Waals surface area contributed by atoms with Crippen LogP contribution in [0.2, 0.25) is 0 Å². The Morgan fingerprint density at radius 2 is 1.46 bits per heavy atom. The van der Waals surface area contributed by atoms with Gasteiger partial charge in [-0.05, 0) is 45.4 Å². The Kier molecular flexibility index (Phi) is 8.62. The van der Waals surface area contributed by atoms with Crippen LogP contribution in [0.3, 0.4) is 0 Å². The van der Waals surface area contributed by atoms with Crippen molar-refractivity contribution in [1.29, 1.82) is 0 Å². The fourth-order valence-corrected chi connectivity index (χ4v) is 9.43. The van der Waals surface area contributed by atoms with Gasteiger partial charge in [0.05, 0.1) is 0 Å². The maximum absolute atomic E-state index is 13.1. The summed E-state index contributed by atoms with van der Waals surface area (Å²) >= 11 is 6.17. The lowest BCUT2D eigenvalue weighted by Crippen LogP contribution is -2.71. The van der Waals surface area contributed by atoms with Gasteiger partial charge in [-0.2, -0.15) is 0 Å². The smallest absolute Gasteiger partial charge is 0.333 e. The van der Waals surface area contributed by atoms with Gasteiger partial charge in [-0.15, -0.1) is 35.9 Å². The minimum atomic E-state index is -1.05. The molecule has 0 spiro atoms. The van der Waals surface area contributed by atoms with Gasteiger partial charge in [0.2, 0.25) is 24.5 Å². The van der Waals surface area contributed by atoms with Crippen molar-refractivity contribution in [2.24, 2.45) is 5.73 Å². The molecule has 0 bridgehead atoms. The Bertz CT molecular complexity index is 1280. The molecule has 0 aliphatic carbocycles. The summed E-state index contributed by atoms with van der Waals surface area (Å²) < 4.78 is 9.18. The van der Waals surface area contributed by atoms with Crippen LogP contribution in [0.1, 0.15) is 39.3 Å². The number of phenols is 1. The predicted molar refractivity (Wildman–Crippen MR) is 156 cm³/mol. The van der Waals surface area contributed by atoms with Crippen molar-refractivity contribution in [2.45, 2.75) is 76.9 Å². The lowest BCUT2D eigenvalue weighted by atomic mass is 9.95. The van der Waals surface area contributed by atoms with Gasteiger partial charge in [-0.3, -0.25) is 14.4 Å². The number of thioether (sulfide) groups is 2. The van der Waals surface area contributed by atoms with Gasteiger partial charge in [-0.1, -0.05) is 28.1 Å². The van der Waals surface area contributed by atoms with Gasteiger partial charge in [-0.25, -0.2) is 9.59 Å². The molecular formula is C25H30BrClN4O8S2. The highest BCUT2D eigenvalue weighted by Crippen LogP contribution is 2.53. The average molecular weight is 694 g/mol. The molecule has 4 N–H and O–H groups in total. The van der Waals surface area contributed by atoms with Crippen LogP contribution in [0.4, 0.5) is 0 Å². The minimum absolute atomic E-state index is 0. The first-order valence-electron chi connectivity index (χ1n) is 12.5. The standard InChI is InChI=1S/C25H29BrN4O8S2.ClH/c1-24(2)15(29-18(33)12(26)20(29)39-24)22(35)37-9-38-23(36)16-25(3,4)40-21-14(19(34)30(16)21)28-17(32)13(27)10-5-7-11(31)8-6-10;/h5-8,12-16,20-21,31H,9,27H2,1-4H3,(H,28,32);1H/t12-,13?,14-,15+,16+,20-,21-;/m1./s1. The number of esters is 2. The van der Waals surface area contributed by atoms with Crippen molar-refractivity contribution >= 4 is 81.5 Å². The van der Waals surface area contributed by atoms with Crippen LogP contribution in [-0.2, 0) is 33.4 Å². The third-order valence-electron chi connectivity index (χ3n) is 7.50. The molecular weight excluding hydrogens is 664 g/mol. The lowest BCUT2D eigenvalue weighted by molar-refractivity contribution is -0.181. The molecule has 0 saturated carbocycles. The van der Waals surface area contributed by atoms with Crippen LogP contribution in [0.5, 0.6) is 5.75 Å². The third kappa shape index (κ3) is 5.28. The van der Waals surface area contributed by atoms with Gasteiger partial charge in [0.1, 0.15) is 45.5 Å². The lowest BCUT2D eigenvalue weighted by Gasteiger charge is -2.44. The molecule has 224 valence electrons. The highest BCUT2D eigenvalue weighted by Gasteiger charge is 2.65. The summed E-state index contributed by atoms with van der Waals surface area (Å²) in [6.07, 6.45) is 0. The molecule has 41 heavy (non-hydrogen) atoms. The van der Waals surface area contributed by atoms with Crippen LogP contribution >= 0.6 is 51.9 Å². The van der Waals surface area contributed by atoms with E-state index >= 15 is 0 Å². The Hall–Kier alpha value is -2.20. The second kappa shape index (κ2) is 11.1. The number of carbonyl (C=O) groups excluding carboxylic acids is 5. The number of phenolic OH excluding ortho intramolecular Hbond substituents is 1. The van der Waals surface area contributed by atoms with E-state index in [9.17, 15) is 29.1 Å². The number of nitrogens with two attached hydrogens (primary N) is 1. The Labute approximate surface area is 259 Å². The van der Waals surface area contributed by atoms with Crippen LogP contribution < -0.4 is 11.1 Å². The maximum Gasteiger partial charge on any atom is 0.333 e. The van der Waals surface area contributed by atoms with E-state index in [4.69, 9.17) is 15.2 Å². The van der Waals surface area contributed by atoms with Gasteiger partial charge >= 0.3 is 11.9 Å². The molecule has 0 radical (unpaired) electrons. The molecule has 1 unspecified atom stereocenters. The second-order valence-electron chi connectivity index (χ2n) is 11.0. The van der Waals surface area contributed by atoms with Gasteiger partial charge in [0.25, 0.3) is 0 Å². The summed E-state index contributed by atoms with van der Waals surface area (Å²) in [4.78, 5) is 66.5. The fourth-order valence-electron chi connectivity index (χ4n) is 5.45. The summed E-state index contributed by atoms with van der Waals surface area (Å²) in [7, 11) is 0. The number of benzene rings is 1. The highest BCUT2D eigenvalue weighted by molar-refractivity contribution is 9.10. The summed E-state index contributed by atoms with van der Waals surface area (Å²) in [6.45, 7) is 6.60. The van der Waals surface area contributed by atoms with Crippen molar-refractivity contribution in [3.63, 3.8) is 0 Å². The molecule has 0 aromatic heterocycles. The average Bonchev–Trinajstić information content (AvgIpc) is 3.31. The minimum Gasteiger partial charge on any atom is -0.508 e. The van der Waals surface area contributed by atoms with Gasteiger partial charge in [0.15, 0.2) is 0 Å². The first kappa shape index (κ1) is 31.7. The molecule has 1 aromatic carbocycles. The van der Waals surface area contributed by atoms with Crippen LogP contribution in [0.15, 0.2) is 24.3 Å². The number of hydrogen-bond acceptors (Lipinski definition) is 11. The number of amides is 3. The first-order valence-corrected chi connectivity index (χ1v) is 15.2. The first-order chi connectivity index (χ1) is 18.7. The Balaban J connectivity index is 0.00000387. The summed E-state index contributed by atoms with van der Waals surface area (Å²) in [5.74, 6) is -2.60. The summed E-state index contributed by atoms with van der Waals surface area (Å²) in [6, 6.07) is 2.14. The number of aromatic hydroxyl groups is 1. The second-order valence-corrected chi connectivity index (χ2v) is 15.5. The predicted octanol–water partition coefficient (Wildman–Crippen LogP) is 1.23. The summed E-state index contributed by atoms with van der Waals surface area (Å²) in [5.41, 5.74) is 6.50. The monoisotopic (exact) mass is 692 g/mol. The zero-order valence-corrected chi connectivity index (χ0v) is 26.5. The van der Waals surface area contributed by atoms with E-state index in [0.717, 1.165) is 0 Å². The molecule has 4 aliphatic rings. The number of hydrogen-bond donors (Lipinski definition) is 3. The SMILES string of the molecule is CC1(C)S[C@@H]2[C@H](Br)C(=O)N2[C@H]1C(=O)OCOC(=O)[C@@H]1N2C(=O)[C@@H](NC(=O)C(N)c3ccc(O)cc3)[C@H]2SC1(C)C.Cl. The van der Waals surface area contributed by atoms with E-state index in [2.05, 4.69) is 21.2 Å². The van der Waals surface area contributed by atoms with E-state index in [1.807, 2.05) is 13.8 Å². The van der Waals surface area contributed by atoms with Crippen molar-refractivity contribution < 1.29 is 38.6 Å².